The number of fused-ring (bicyclic) bond motifs is 2. The number of ether oxygens (including phenoxy) is 1. The van der Waals surface area contributed by atoms with Crippen molar-refractivity contribution in [2.45, 2.75) is 189 Å². The summed E-state index contributed by atoms with van der Waals surface area (Å²) in [5, 5.41) is 0. The Balaban J connectivity index is 0.000000380. The third-order valence-corrected chi connectivity index (χ3v) is 15.0. The number of carbonyl (C=O) groups is 1. The minimum atomic E-state index is -0.391. The first-order chi connectivity index (χ1) is 26.6. The van der Waals surface area contributed by atoms with Gasteiger partial charge in [0.25, 0.3) is 0 Å². The van der Waals surface area contributed by atoms with E-state index in [1.165, 1.54) is 77.9 Å². The first-order valence-electron chi connectivity index (χ1n) is 24.3. The maximum atomic E-state index is 11.9. The van der Waals surface area contributed by atoms with Crippen molar-refractivity contribution in [3.05, 3.63) is 0 Å². The van der Waals surface area contributed by atoms with Crippen molar-refractivity contribution in [2.75, 3.05) is 87.1 Å². The van der Waals surface area contributed by atoms with E-state index in [2.05, 4.69) is 152 Å². The van der Waals surface area contributed by atoms with Crippen molar-refractivity contribution in [2.24, 2.45) is 62.6 Å². The molecule has 5 unspecified atom stereocenters. The van der Waals surface area contributed by atoms with Crippen LogP contribution in [0.15, 0.2) is 0 Å². The van der Waals surface area contributed by atoms with Crippen LogP contribution in [0.3, 0.4) is 0 Å². The molecule has 7 nitrogen and oxygen atoms in total. The summed E-state index contributed by atoms with van der Waals surface area (Å²) >= 11 is 0. The van der Waals surface area contributed by atoms with E-state index in [0.29, 0.717) is 33.0 Å². The van der Waals surface area contributed by atoms with E-state index >= 15 is 0 Å². The lowest BCUT2D eigenvalue weighted by Crippen LogP contribution is -2.49. The molecule has 7 heteroatoms. The lowest BCUT2D eigenvalue weighted by Gasteiger charge is -2.44. The van der Waals surface area contributed by atoms with E-state index < -0.39 is 5.60 Å². The molecule has 5 atom stereocenters. The molecule has 0 aromatic heterocycles. The molecule has 6 aliphatic rings. The van der Waals surface area contributed by atoms with Crippen molar-refractivity contribution in [3.63, 3.8) is 0 Å². The second kappa shape index (κ2) is 22.8. The van der Waals surface area contributed by atoms with Crippen molar-refractivity contribution < 1.29 is 9.53 Å². The Labute approximate surface area is 377 Å². The Hall–Kier alpha value is -0.890. The lowest BCUT2D eigenvalue weighted by atomic mass is 9.75. The molecule has 1 saturated carbocycles. The molecule has 358 valence electrons. The predicted molar refractivity (Wildman–Crippen MR) is 264 cm³/mol. The third kappa shape index (κ3) is 19.9. The Morgan fingerprint density at radius 1 is 0.467 bits per heavy atom. The number of amides is 1. The standard InChI is InChI=1S/C14H27NO2.C11H21N.C10H21N.C9H19N.C8H17N.CH4/c1-13(2,3)11-7-9-15(10-8-11)12(16)17-14(4,5)6;1-11(2,3)9-5-8-6-10(9)12(4)7-8;1-10(2,3)9-6-5-7-11(4)8-9;1-9(2,3)8-5-6-10(4)7-8;1-8(2,3)7-5-9(4)6-7;/h11H,7-10H2,1-6H3;8-10H,5-7H2,1-4H3;9H,5-8H2,1-4H3;8H,5-7H2,1-4H3;7H,5-6H2,1-4H3;1H4. The van der Waals surface area contributed by atoms with E-state index in [1.54, 1.807) is 0 Å². The van der Waals surface area contributed by atoms with Crippen LogP contribution in [0.5, 0.6) is 0 Å². The molecule has 5 heterocycles. The summed E-state index contributed by atoms with van der Waals surface area (Å²) in [5.41, 5.74) is 2.04. The zero-order chi connectivity index (χ0) is 45.5. The SMILES string of the molecule is C.CC(C)(C)OC(=O)N1CCC(C(C)(C)C)CC1.CN1CC(C(C)(C)C)C1.CN1CC2CC1C(C(C)(C)C)C2.CN1CCC(C(C)(C)C)C1.CN1CCCC(C(C)(C)C)C1. The minimum Gasteiger partial charge on any atom is -0.444 e. The maximum Gasteiger partial charge on any atom is 0.410 e. The van der Waals surface area contributed by atoms with Gasteiger partial charge in [-0.05, 0) is 170 Å². The number of carbonyl (C=O) groups excluding carboxylic acids is 1. The Kier molecular flexibility index (Phi) is 21.7. The minimum absolute atomic E-state index is 0. The fraction of sp³-hybridized carbons (Fsp3) is 0.981. The summed E-state index contributed by atoms with van der Waals surface area (Å²) < 4.78 is 5.39. The van der Waals surface area contributed by atoms with Gasteiger partial charge in [0.15, 0.2) is 0 Å². The molecule has 0 aromatic carbocycles. The molecular formula is C53H109N5O2. The summed E-state index contributed by atoms with van der Waals surface area (Å²) in [6, 6.07) is 0.898. The molecule has 0 radical (unpaired) electrons. The van der Waals surface area contributed by atoms with Crippen LogP contribution in [0.2, 0.25) is 0 Å². The fourth-order valence-corrected chi connectivity index (χ4v) is 10.2. The second-order valence-corrected chi connectivity index (χ2v) is 26.8. The topological polar surface area (TPSA) is 42.5 Å². The Morgan fingerprint density at radius 3 is 1.17 bits per heavy atom. The second-order valence-electron chi connectivity index (χ2n) is 26.8. The number of likely N-dealkylation sites (tertiary alicyclic amines) is 5. The molecule has 6 rings (SSSR count). The molecule has 5 saturated heterocycles. The number of rotatable bonds is 0. The molecule has 0 N–H and O–H groups in total. The summed E-state index contributed by atoms with van der Waals surface area (Å²) in [7, 11) is 8.93. The Morgan fingerprint density at radius 2 is 0.883 bits per heavy atom. The smallest absolute Gasteiger partial charge is 0.410 e. The predicted octanol–water partition coefficient (Wildman–Crippen LogP) is 12.6. The normalized spacial score (nSPS) is 27.8. The summed E-state index contributed by atoms with van der Waals surface area (Å²) in [4.78, 5) is 23.5. The average Bonchev–Trinajstić information content (AvgIpc) is 3.78. The maximum absolute atomic E-state index is 11.9. The first kappa shape index (κ1) is 57.1. The molecule has 0 spiro atoms. The Bertz CT molecular complexity index is 1210. The quantitative estimate of drug-likeness (QED) is 0.242. The van der Waals surface area contributed by atoms with E-state index in [-0.39, 0.29) is 13.5 Å². The van der Waals surface area contributed by atoms with Crippen LogP contribution in [-0.2, 0) is 4.74 Å². The largest absolute Gasteiger partial charge is 0.444 e. The van der Waals surface area contributed by atoms with Crippen LogP contribution in [0.25, 0.3) is 0 Å². The molecule has 5 aliphatic heterocycles. The van der Waals surface area contributed by atoms with Crippen LogP contribution in [-0.4, -0.2) is 129 Å². The van der Waals surface area contributed by atoms with Gasteiger partial charge in [0.05, 0.1) is 0 Å². The molecule has 2 bridgehead atoms. The van der Waals surface area contributed by atoms with Crippen LogP contribution < -0.4 is 0 Å². The van der Waals surface area contributed by atoms with Gasteiger partial charge < -0.3 is 29.2 Å². The summed E-state index contributed by atoms with van der Waals surface area (Å²) in [5.74, 6) is 5.42. The fourth-order valence-electron chi connectivity index (χ4n) is 10.2. The van der Waals surface area contributed by atoms with Gasteiger partial charge in [-0.25, -0.2) is 4.79 Å². The van der Waals surface area contributed by atoms with Crippen molar-refractivity contribution in [1.82, 2.24) is 24.5 Å². The van der Waals surface area contributed by atoms with Crippen LogP contribution >= 0.6 is 0 Å². The van der Waals surface area contributed by atoms with Crippen molar-refractivity contribution >= 4 is 6.09 Å². The van der Waals surface area contributed by atoms with Gasteiger partial charge in [0.2, 0.25) is 0 Å². The molecule has 60 heavy (non-hydrogen) atoms. The molecule has 6 fully saturated rings. The number of hydrogen-bond acceptors (Lipinski definition) is 6. The van der Waals surface area contributed by atoms with Crippen LogP contribution in [0.4, 0.5) is 4.79 Å². The van der Waals surface area contributed by atoms with Gasteiger partial charge in [-0.2, -0.15) is 0 Å². The van der Waals surface area contributed by atoms with Crippen molar-refractivity contribution in [1.29, 1.82) is 0 Å². The van der Waals surface area contributed by atoms with Gasteiger partial charge >= 0.3 is 6.09 Å². The molecular weight excluding hydrogens is 739 g/mol. The highest BCUT2D eigenvalue weighted by Crippen LogP contribution is 2.48. The molecule has 1 amide bonds. The van der Waals surface area contributed by atoms with E-state index in [9.17, 15) is 4.79 Å². The number of nitrogens with zero attached hydrogens (tertiary/aromatic N) is 5. The van der Waals surface area contributed by atoms with E-state index in [0.717, 1.165) is 61.6 Å². The van der Waals surface area contributed by atoms with Gasteiger partial charge in [0.1, 0.15) is 5.60 Å². The highest BCUT2D eigenvalue weighted by atomic mass is 16.6. The van der Waals surface area contributed by atoms with Gasteiger partial charge in [-0.15, -0.1) is 0 Å². The number of piperidine rings is 3. The first-order valence-corrected chi connectivity index (χ1v) is 24.3. The van der Waals surface area contributed by atoms with Gasteiger partial charge in [-0.3, -0.25) is 0 Å². The lowest BCUT2D eigenvalue weighted by molar-refractivity contribution is 0.0128. The monoisotopic (exact) mass is 848 g/mol. The van der Waals surface area contributed by atoms with Crippen molar-refractivity contribution in [3.8, 4) is 0 Å². The zero-order valence-corrected chi connectivity index (χ0v) is 43.9. The van der Waals surface area contributed by atoms with Crippen LogP contribution in [0, 0.1) is 62.6 Å². The highest BCUT2D eigenvalue weighted by Gasteiger charge is 2.47. The zero-order valence-electron chi connectivity index (χ0n) is 43.9. The third-order valence-electron chi connectivity index (χ3n) is 15.0. The van der Waals surface area contributed by atoms with E-state index in [4.69, 9.17) is 4.74 Å². The number of hydrogen-bond donors (Lipinski definition) is 0. The molecule has 0 aromatic rings. The highest BCUT2D eigenvalue weighted by molar-refractivity contribution is 5.68. The van der Waals surface area contributed by atoms with Gasteiger partial charge in [0, 0.05) is 51.9 Å². The average molecular weight is 848 g/mol. The van der Waals surface area contributed by atoms with Crippen LogP contribution in [0.1, 0.15) is 177 Å². The van der Waals surface area contributed by atoms with Gasteiger partial charge in [-0.1, -0.05) is 111 Å². The summed E-state index contributed by atoms with van der Waals surface area (Å²) in [6.07, 6.45) is 9.17. The molecule has 1 aliphatic carbocycles. The summed E-state index contributed by atoms with van der Waals surface area (Å²) in [6.45, 7) is 51.6. The van der Waals surface area contributed by atoms with E-state index in [1.807, 2.05) is 25.7 Å².